The largest absolute Gasteiger partial charge is 0.382 e. The Morgan fingerprint density at radius 3 is 2.52 bits per heavy atom. The van der Waals surface area contributed by atoms with Crippen molar-refractivity contribution in [3.8, 4) is 0 Å². The Morgan fingerprint density at radius 1 is 0.966 bits per heavy atom. The van der Waals surface area contributed by atoms with Crippen LogP contribution in [0.1, 0.15) is 34.8 Å². The first-order chi connectivity index (χ1) is 14.0. The van der Waals surface area contributed by atoms with Gasteiger partial charge in [0.15, 0.2) is 0 Å². The number of amides is 3. The van der Waals surface area contributed by atoms with Gasteiger partial charge in [-0.25, -0.2) is 0 Å². The number of carbonyl (C=O) groups excluding carboxylic acids is 3. The van der Waals surface area contributed by atoms with Crippen molar-refractivity contribution >= 4 is 23.4 Å². The molecule has 0 aromatic heterocycles. The monoisotopic (exact) mass is 397 g/mol. The predicted octanol–water partition coefficient (Wildman–Crippen LogP) is 2.41. The molecule has 0 radical (unpaired) electrons. The molecule has 2 rings (SSSR count). The van der Waals surface area contributed by atoms with Crippen molar-refractivity contribution in [2.24, 2.45) is 0 Å². The number of para-hydroxylation sites is 1. The summed E-state index contributed by atoms with van der Waals surface area (Å²) in [6.07, 6.45) is 0.616. The van der Waals surface area contributed by atoms with Gasteiger partial charge in [-0.05, 0) is 38.0 Å². The van der Waals surface area contributed by atoms with Crippen LogP contribution in [0, 0.1) is 6.92 Å². The molecule has 0 saturated heterocycles. The van der Waals surface area contributed by atoms with E-state index in [0.29, 0.717) is 32.7 Å². The number of ether oxygens (including phenoxy) is 1. The number of carbonyl (C=O) groups is 3. The zero-order chi connectivity index (χ0) is 21.1. The van der Waals surface area contributed by atoms with Gasteiger partial charge in [0.05, 0.1) is 11.3 Å². The van der Waals surface area contributed by atoms with E-state index in [9.17, 15) is 14.4 Å². The summed E-state index contributed by atoms with van der Waals surface area (Å²) in [7, 11) is 0. The van der Waals surface area contributed by atoms with Crippen LogP contribution >= 0.6 is 0 Å². The molecule has 0 spiro atoms. The molecule has 7 nitrogen and oxygen atoms in total. The lowest BCUT2D eigenvalue weighted by Crippen LogP contribution is -2.36. The van der Waals surface area contributed by atoms with E-state index in [-0.39, 0.29) is 17.2 Å². The third-order valence-electron chi connectivity index (χ3n) is 4.12. The van der Waals surface area contributed by atoms with Crippen LogP contribution in [0.15, 0.2) is 48.5 Å². The molecule has 3 amide bonds. The first-order valence-electron chi connectivity index (χ1n) is 9.61. The zero-order valence-electron chi connectivity index (χ0n) is 16.8. The van der Waals surface area contributed by atoms with Crippen LogP contribution in [0.25, 0.3) is 0 Å². The summed E-state index contributed by atoms with van der Waals surface area (Å²) in [4.78, 5) is 36.6. The van der Waals surface area contributed by atoms with E-state index in [0.717, 1.165) is 11.1 Å². The lowest BCUT2D eigenvalue weighted by molar-refractivity contribution is -0.136. The van der Waals surface area contributed by atoms with E-state index in [1.54, 1.807) is 24.3 Å². The molecule has 0 saturated carbocycles. The number of rotatable bonds is 9. The van der Waals surface area contributed by atoms with E-state index >= 15 is 0 Å². The molecule has 0 aliphatic rings. The first-order valence-corrected chi connectivity index (χ1v) is 9.61. The lowest BCUT2D eigenvalue weighted by atomic mass is 10.1. The molecular formula is C22H27N3O4. The van der Waals surface area contributed by atoms with Gasteiger partial charge in [-0.2, -0.15) is 0 Å². The van der Waals surface area contributed by atoms with Crippen molar-refractivity contribution in [2.75, 3.05) is 25.1 Å². The van der Waals surface area contributed by atoms with Crippen LogP contribution < -0.4 is 16.0 Å². The molecule has 3 N–H and O–H groups in total. The molecule has 0 aliphatic heterocycles. The fourth-order valence-electron chi connectivity index (χ4n) is 2.67. The second-order valence-corrected chi connectivity index (χ2v) is 6.48. The number of anilines is 1. The normalized spacial score (nSPS) is 10.3. The van der Waals surface area contributed by atoms with E-state index in [2.05, 4.69) is 16.0 Å². The van der Waals surface area contributed by atoms with Crippen LogP contribution in [0.2, 0.25) is 0 Å². The van der Waals surface area contributed by atoms with E-state index in [4.69, 9.17) is 4.74 Å². The molecule has 2 aromatic carbocycles. The fourth-order valence-corrected chi connectivity index (χ4v) is 2.67. The van der Waals surface area contributed by atoms with E-state index in [1.807, 2.05) is 38.1 Å². The molecule has 0 heterocycles. The maximum Gasteiger partial charge on any atom is 0.313 e. The highest BCUT2D eigenvalue weighted by atomic mass is 16.5. The molecule has 29 heavy (non-hydrogen) atoms. The van der Waals surface area contributed by atoms with Gasteiger partial charge in [0.25, 0.3) is 5.91 Å². The molecule has 0 atom stereocenters. The van der Waals surface area contributed by atoms with Gasteiger partial charge in [0.1, 0.15) is 0 Å². The first kappa shape index (κ1) is 22.1. The molecular weight excluding hydrogens is 370 g/mol. The van der Waals surface area contributed by atoms with Gasteiger partial charge in [0.2, 0.25) is 0 Å². The van der Waals surface area contributed by atoms with Gasteiger partial charge < -0.3 is 20.7 Å². The molecule has 0 bridgehead atoms. The molecule has 0 fully saturated rings. The highest BCUT2D eigenvalue weighted by molar-refractivity contribution is 6.40. The summed E-state index contributed by atoms with van der Waals surface area (Å²) in [5.74, 6) is -1.91. The molecule has 2 aromatic rings. The van der Waals surface area contributed by atoms with Gasteiger partial charge in [-0.3, -0.25) is 14.4 Å². The van der Waals surface area contributed by atoms with Crippen LogP contribution in [-0.4, -0.2) is 37.5 Å². The number of aryl methyl sites for hydroxylation is 1. The number of hydrogen-bond acceptors (Lipinski definition) is 4. The van der Waals surface area contributed by atoms with Crippen molar-refractivity contribution < 1.29 is 19.1 Å². The van der Waals surface area contributed by atoms with Crippen molar-refractivity contribution in [2.45, 2.75) is 26.8 Å². The minimum Gasteiger partial charge on any atom is -0.382 e. The summed E-state index contributed by atoms with van der Waals surface area (Å²) in [5, 5.41) is 7.87. The van der Waals surface area contributed by atoms with Gasteiger partial charge >= 0.3 is 11.8 Å². The Morgan fingerprint density at radius 2 is 1.76 bits per heavy atom. The number of nitrogens with one attached hydrogen (secondary N) is 3. The van der Waals surface area contributed by atoms with Gasteiger partial charge in [-0.15, -0.1) is 0 Å². The summed E-state index contributed by atoms with van der Waals surface area (Å²) >= 11 is 0. The fraction of sp³-hybridized carbons (Fsp3) is 0.318. The van der Waals surface area contributed by atoms with E-state index < -0.39 is 11.8 Å². The minimum atomic E-state index is -0.819. The Bertz CT molecular complexity index is 851. The zero-order valence-corrected chi connectivity index (χ0v) is 16.8. The van der Waals surface area contributed by atoms with Crippen LogP contribution in [-0.2, 0) is 20.9 Å². The second-order valence-electron chi connectivity index (χ2n) is 6.48. The SMILES string of the molecule is CCOCCCNC(=O)C(=O)Nc1ccccc1C(=O)NCc1cccc(C)c1. The number of benzene rings is 2. The van der Waals surface area contributed by atoms with Crippen molar-refractivity contribution in [3.05, 3.63) is 65.2 Å². The highest BCUT2D eigenvalue weighted by Gasteiger charge is 2.17. The maximum atomic E-state index is 12.6. The van der Waals surface area contributed by atoms with Crippen molar-refractivity contribution in [3.63, 3.8) is 0 Å². The lowest BCUT2D eigenvalue weighted by Gasteiger charge is -2.12. The Balaban J connectivity index is 1.92. The number of hydrogen-bond donors (Lipinski definition) is 3. The smallest absolute Gasteiger partial charge is 0.313 e. The van der Waals surface area contributed by atoms with Crippen molar-refractivity contribution in [1.29, 1.82) is 0 Å². The average Bonchev–Trinajstić information content (AvgIpc) is 2.72. The minimum absolute atomic E-state index is 0.281. The Labute approximate surface area is 170 Å². The molecule has 154 valence electrons. The summed E-state index contributed by atoms with van der Waals surface area (Å²) in [6, 6.07) is 14.4. The molecule has 7 heteroatoms. The van der Waals surface area contributed by atoms with Crippen LogP contribution in [0.5, 0.6) is 0 Å². The highest BCUT2D eigenvalue weighted by Crippen LogP contribution is 2.15. The Hall–Kier alpha value is -3.19. The average molecular weight is 397 g/mol. The van der Waals surface area contributed by atoms with Crippen LogP contribution in [0.3, 0.4) is 0 Å². The standard InChI is InChI=1S/C22H27N3O4/c1-3-29-13-7-12-23-21(27)22(28)25-19-11-5-4-10-18(19)20(26)24-15-17-9-6-8-16(2)14-17/h4-6,8-11,14H,3,7,12-13,15H2,1-2H3,(H,23,27)(H,24,26)(H,25,28). The molecule has 0 aliphatic carbocycles. The summed E-state index contributed by atoms with van der Waals surface area (Å²) in [6.45, 7) is 5.70. The predicted molar refractivity (Wildman–Crippen MR) is 112 cm³/mol. The molecule has 0 unspecified atom stereocenters. The van der Waals surface area contributed by atoms with Gasteiger partial charge in [-0.1, -0.05) is 42.0 Å². The van der Waals surface area contributed by atoms with Gasteiger partial charge in [0, 0.05) is 26.3 Å². The van der Waals surface area contributed by atoms with Crippen LogP contribution in [0.4, 0.5) is 5.69 Å². The Kier molecular flexibility index (Phi) is 8.85. The van der Waals surface area contributed by atoms with Crippen molar-refractivity contribution in [1.82, 2.24) is 10.6 Å². The van der Waals surface area contributed by atoms with E-state index in [1.165, 1.54) is 0 Å². The third-order valence-corrected chi connectivity index (χ3v) is 4.12. The summed E-state index contributed by atoms with van der Waals surface area (Å²) in [5.41, 5.74) is 2.66. The second kappa shape index (κ2) is 11.6. The maximum absolute atomic E-state index is 12.6. The third kappa shape index (κ3) is 7.38. The topological polar surface area (TPSA) is 96.5 Å². The summed E-state index contributed by atoms with van der Waals surface area (Å²) < 4.78 is 5.18. The quantitative estimate of drug-likeness (QED) is 0.447.